The highest BCUT2D eigenvalue weighted by Gasteiger charge is 2.42. The van der Waals surface area contributed by atoms with Crippen molar-refractivity contribution in [1.29, 1.82) is 0 Å². The van der Waals surface area contributed by atoms with Crippen LogP contribution in [0.2, 0.25) is 0 Å². The minimum atomic E-state index is -3.52. The number of nitrogens with one attached hydrogen (secondary N) is 2. The van der Waals surface area contributed by atoms with Crippen LogP contribution in [0, 0.1) is 0 Å². The summed E-state index contributed by atoms with van der Waals surface area (Å²) in [5.41, 5.74) is 3.16. The summed E-state index contributed by atoms with van der Waals surface area (Å²) in [6.07, 6.45) is 1.86. The Kier molecular flexibility index (Phi) is 3.50. The number of aromatic amines is 1. The first kappa shape index (κ1) is 16.1. The van der Waals surface area contributed by atoms with Crippen molar-refractivity contribution in [3.05, 3.63) is 59.8 Å². The molecule has 3 heterocycles. The zero-order valence-electron chi connectivity index (χ0n) is 14.3. The van der Waals surface area contributed by atoms with Crippen LogP contribution in [0.4, 0.5) is 0 Å². The predicted octanol–water partition coefficient (Wildman–Crippen LogP) is 2.76. The van der Waals surface area contributed by atoms with Crippen molar-refractivity contribution in [2.24, 2.45) is 0 Å². The summed E-state index contributed by atoms with van der Waals surface area (Å²) in [7, 11) is -3.52. The van der Waals surface area contributed by atoms with Gasteiger partial charge in [0.1, 0.15) is 0 Å². The van der Waals surface area contributed by atoms with Gasteiger partial charge in [-0.3, -0.25) is 0 Å². The highest BCUT2D eigenvalue weighted by Crippen LogP contribution is 2.39. The zero-order valence-corrected chi connectivity index (χ0v) is 15.1. The molecular formula is C20H20N2O3S. The highest BCUT2D eigenvalue weighted by molar-refractivity contribution is 7.91. The number of sulfone groups is 1. The van der Waals surface area contributed by atoms with Gasteiger partial charge < -0.3 is 15.0 Å². The average molecular weight is 368 g/mol. The second kappa shape index (κ2) is 5.67. The van der Waals surface area contributed by atoms with Crippen molar-refractivity contribution in [3.63, 3.8) is 0 Å². The van der Waals surface area contributed by atoms with E-state index in [0.717, 1.165) is 42.6 Å². The highest BCUT2D eigenvalue weighted by atomic mass is 32.2. The van der Waals surface area contributed by atoms with Gasteiger partial charge in [-0.1, -0.05) is 24.3 Å². The molecule has 1 atom stereocenters. The molecule has 1 fully saturated rings. The first-order valence-electron chi connectivity index (χ1n) is 8.88. The third kappa shape index (κ3) is 2.26. The van der Waals surface area contributed by atoms with E-state index in [4.69, 9.17) is 4.74 Å². The van der Waals surface area contributed by atoms with Gasteiger partial charge >= 0.3 is 0 Å². The van der Waals surface area contributed by atoms with Crippen LogP contribution < -0.4 is 5.32 Å². The first-order valence-corrected chi connectivity index (χ1v) is 10.4. The molecule has 0 aliphatic carbocycles. The number of aromatic nitrogens is 1. The lowest BCUT2D eigenvalue weighted by Gasteiger charge is -2.33. The Balaban J connectivity index is 1.66. The van der Waals surface area contributed by atoms with Crippen molar-refractivity contribution in [2.75, 3.05) is 19.8 Å². The fourth-order valence-corrected chi connectivity index (χ4v) is 5.53. The van der Waals surface area contributed by atoms with Gasteiger partial charge in [-0.05, 0) is 42.7 Å². The van der Waals surface area contributed by atoms with Gasteiger partial charge in [0.25, 0.3) is 0 Å². The number of ether oxygens (including phenoxy) is 1. The third-order valence-electron chi connectivity index (χ3n) is 5.58. The van der Waals surface area contributed by atoms with E-state index < -0.39 is 9.84 Å². The van der Waals surface area contributed by atoms with Crippen LogP contribution in [0.3, 0.4) is 0 Å². The fourth-order valence-electron chi connectivity index (χ4n) is 4.22. The van der Waals surface area contributed by atoms with Crippen LogP contribution in [0.1, 0.15) is 17.7 Å². The van der Waals surface area contributed by atoms with Crippen molar-refractivity contribution >= 4 is 20.7 Å². The molecule has 1 saturated heterocycles. The molecule has 1 spiro atoms. The lowest BCUT2D eigenvalue weighted by Crippen LogP contribution is -2.47. The van der Waals surface area contributed by atoms with E-state index in [-0.39, 0.29) is 5.54 Å². The summed E-state index contributed by atoms with van der Waals surface area (Å²) in [6, 6.07) is 14.0. The maximum atomic E-state index is 12.9. The molecule has 2 aliphatic heterocycles. The van der Waals surface area contributed by atoms with Crippen LogP contribution >= 0.6 is 0 Å². The van der Waals surface area contributed by atoms with Gasteiger partial charge in [-0.2, -0.15) is 0 Å². The summed E-state index contributed by atoms with van der Waals surface area (Å²) in [4.78, 5) is 4.14. The molecule has 6 heteroatoms. The molecule has 2 N–H and O–H groups in total. The predicted molar refractivity (Wildman–Crippen MR) is 99.0 cm³/mol. The van der Waals surface area contributed by atoms with Crippen LogP contribution in [0.25, 0.3) is 10.9 Å². The van der Waals surface area contributed by atoms with Gasteiger partial charge in [-0.25, -0.2) is 8.42 Å². The number of fused-ring (bicyclic) bond motifs is 4. The molecule has 134 valence electrons. The molecular weight excluding hydrogens is 348 g/mol. The van der Waals surface area contributed by atoms with Crippen LogP contribution in [0.5, 0.6) is 0 Å². The van der Waals surface area contributed by atoms with Gasteiger partial charge in [0.05, 0.1) is 21.9 Å². The second-order valence-corrected chi connectivity index (χ2v) is 9.01. The molecule has 5 nitrogen and oxygen atoms in total. The van der Waals surface area contributed by atoms with Crippen molar-refractivity contribution in [1.82, 2.24) is 10.3 Å². The second-order valence-electron chi connectivity index (χ2n) is 7.06. The Bertz CT molecular complexity index is 1080. The number of hydrogen-bond acceptors (Lipinski definition) is 4. The standard InChI is InChI=1S/C20H20N2O3S/c23-26(24,14-4-2-1-3-5-14)15-6-7-16-17-8-10-21-20(9-11-25-13-20)19(17)22-18(16)12-15/h1-7,12,21-22H,8-11,13H2. The summed E-state index contributed by atoms with van der Waals surface area (Å²) in [5.74, 6) is 0. The normalized spacial score (nSPS) is 22.8. The van der Waals surface area contributed by atoms with E-state index in [1.807, 2.05) is 12.1 Å². The minimum absolute atomic E-state index is 0.162. The molecule has 26 heavy (non-hydrogen) atoms. The summed E-state index contributed by atoms with van der Waals surface area (Å²) in [6.45, 7) is 2.31. The molecule has 2 aromatic carbocycles. The average Bonchev–Trinajstić information content (AvgIpc) is 3.28. The number of H-pyrrole nitrogens is 1. The number of benzene rings is 2. The quantitative estimate of drug-likeness (QED) is 0.730. The topological polar surface area (TPSA) is 71.2 Å². The Hall–Kier alpha value is -2.15. The lowest BCUT2D eigenvalue weighted by molar-refractivity contribution is 0.162. The Morgan fingerprint density at radius 2 is 1.88 bits per heavy atom. The molecule has 0 radical (unpaired) electrons. The molecule has 5 rings (SSSR count). The first-order chi connectivity index (χ1) is 12.6. The van der Waals surface area contributed by atoms with Crippen LogP contribution in [-0.2, 0) is 26.5 Å². The Morgan fingerprint density at radius 3 is 2.65 bits per heavy atom. The summed E-state index contributed by atoms with van der Waals surface area (Å²) >= 11 is 0. The smallest absolute Gasteiger partial charge is 0.206 e. The molecule has 1 aromatic heterocycles. The van der Waals surface area contributed by atoms with Crippen molar-refractivity contribution < 1.29 is 13.2 Å². The fraction of sp³-hybridized carbons (Fsp3) is 0.300. The maximum Gasteiger partial charge on any atom is 0.206 e. The van der Waals surface area contributed by atoms with E-state index in [1.54, 1.807) is 36.4 Å². The van der Waals surface area contributed by atoms with Crippen molar-refractivity contribution in [3.8, 4) is 0 Å². The molecule has 0 saturated carbocycles. The Morgan fingerprint density at radius 1 is 1.04 bits per heavy atom. The zero-order chi connectivity index (χ0) is 17.8. The van der Waals surface area contributed by atoms with E-state index >= 15 is 0 Å². The van der Waals surface area contributed by atoms with Gasteiger partial charge in [0.2, 0.25) is 9.84 Å². The molecule has 2 aliphatic rings. The van der Waals surface area contributed by atoms with Crippen LogP contribution in [-0.4, -0.2) is 33.2 Å². The minimum Gasteiger partial charge on any atom is -0.379 e. The molecule has 0 amide bonds. The van der Waals surface area contributed by atoms with E-state index in [1.165, 1.54) is 5.56 Å². The van der Waals surface area contributed by atoms with E-state index in [2.05, 4.69) is 10.3 Å². The van der Waals surface area contributed by atoms with E-state index in [0.29, 0.717) is 16.4 Å². The lowest BCUT2D eigenvalue weighted by atomic mass is 9.86. The SMILES string of the molecule is O=S(=O)(c1ccccc1)c1ccc2c3c([nH]c2c1)C1(CCOC1)NCC3. The van der Waals surface area contributed by atoms with Gasteiger partial charge in [0, 0.05) is 29.7 Å². The molecule has 1 unspecified atom stereocenters. The van der Waals surface area contributed by atoms with E-state index in [9.17, 15) is 8.42 Å². The number of rotatable bonds is 2. The maximum absolute atomic E-state index is 12.9. The monoisotopic (exact) mass is 368 g/mol. The van der Waals surface area contributed by atoms with Crippen LogP contribution in [0.15, 0.2) is 58.3 Å². The van der Waals surface area contributed by atoms with Gasteiger partial charge in [-0.15, -0.1) is 0 Å². The largest absolute Gasteiger partial charge is 0.379 e. The molecule has 3 aromatic rings. The molecule has 0 bridgehead atoms. The number of hydrogen-bond donors (Lipinski definition) is 2. The summed E-state index contributed by atoms with van der Waals surface area (Å²) in [5, 5.41) is 4.72. The third-order valence-corrected chi connectivity index (χ3v) is 7.35. The van der Waals surface area contributed by atoms with Crippen molar-refractivity contribution in [2.45, 2.75) is 28.2 Å². The van der Waals surface area contributed by atoms with Gasteiger partial charge in [0.15, 0.2) is 0 Å². The summed E-state index contributed by atoms with van der Waals surface area (Å²) < 4.78 is 31.5. The Labute approximate surface area is 152 Å².